The van der Waals surface area contributed by atoms with E-state index in [1.165, 1.54) is 4.31 Å². The van der Waals surface area contributed by atoms with E-state index in [9.17, 15) is 13.2 Å². The molecule has 3 N–H and O–H groups in total. The number of hydrogen-bond donors (Lipinski definition) is 2. The van der Waals surface area contributed by atoms with Crippen LogP contribution in [0.15, 0.2) is 29.2 Å². The highest BCUT2D eigenvalue weighted by Gasteiger charge is 2.37. The van der Waals surface area contributed by atoms with Gasteiger partial charge in [0.15, 0.2) is 0 Å². The number of aryl methyl sites for hydroxylation is 1. The van der Waals surface area contributed by atoms with Gasteiger partial charge >= 0.3 is 0 Å². The third-order valence-electron chi connectivity index (χ3n) is 5.82. The Bertz CT molecular complexity index is 738. The molecular formula is C19H30ClN3O3S. The molecule has 3 rings (SSSR count). The molecule has 1 saturated heterocycles. The number of benzene rings is 1. The number of carbonyl (C=O) groups excluding carboxylic acids is 1. The molecule has 0 atom stereocenters. The molecule has 2 aliphatic rings. The van der Waals surface area contributed by atoms with Gasteiger partial charge in [-0.2, -0.15) is 4.31 Å². The van der Waals surface area contributed by atoms with Crippen LogP contribution in [0.1, 0.15) is 44.1 Å². The maximum absolute atomic E-state index is 12.8. The van der Waals surface area contributed by atoms with Crippen LogP contribution in [0.2, 0.25) is 0 Å². The van der Waals surface area contributed by atoms with E-state index in [1.807, 2.05) is 6.92 Å². The summed E-state index contributed by atoms with van der Waals surface area (Å²) in [4.78, 5) is 13.0. The van der Waals surface area contributed by atoms with Crippen molar-refractivity contribution in [3.63, 3.8) is 0 Å². The molecule has 0 bridgehead atoms. The molecular weight excluding hydrogens is 386 g/mol. The largest absolute Gasteiger partial charge is 0.349 e. The highest BCUT2D eigenvalue weighted by molar-refractivity contribution is 7.89. The van der Waals surface area contributed by atoms with Crippen molar-refractivity contribution >= 4 is 28.3 Å². The van der Waals surface area contributed by atoms with Gasteiger partial charge in [-0.25, -0.2) is 8.42 Å². The fourth-order valence-corrected chi connectivity index (χ4v) is 5.48. The molecule has 1 aliphatic carbocycles. The van der Waals surface area contributed by atoms with Crippen molar-refractivity contribution in [3.05, 3.63) is 29.8 Å². The number of nitrogens with one attached hydrogen (secondary N) is 1. The van der Waals surface area contributed by atoms with E-state index in [-0.39, 0.29) is 29.8 Å². The first-order chi connectivity index (χ1) is 12.4. The molecule has 8 heteroatoms. The number of sulfonamides is 1. The van der Waals surface area contributed by atoms with E-state index in [0.717, 1.165) is 31.2 Å². The van der Waals surface area contributed by atoms with Crippen LogP contribution in [-0.2, 0) is 14.8 Å². The lowest BCUT2D eigenvalue weighted by Gasteiger charge is -2.34. The molecule has 1 saturated carbocycles. The van der Waals surface area contributed by atoms with Crippen LogP contribution >= 0.6 is 12.4 Å². The Morgan fingerprint density at radius 1 is 1.19 bits per heavy atom. The number of nitrogens with two attached hydrogens (primary N) is 1. The van der Waals surface area contributed by atoms with E-state index in [2.05, 4.69) is 5.32 Å². The Morgan fingerprint density at radius 3 is 2.26 bits per heavy atom. The van der Waals surface area contributed by atoms with Gasteiger partial charge in [0.2, 0.25) is 15.9 Å². The zero-order valence-corrected chi connectivity index (χ0v) is 17.4. The molecule has 1 aromatic rings. The van der Waals surface area contributed by atoms with Crippen molar-refractivity contribution in [1.29, 1.82) is 0 Å². The molecule has 0 spiro atoms. The molecule has 27 heavy (non-hydrogen) atoms. The maximum Gasteiger partial charge on any atom is 0.243 e. The molecule has 1 aliphatic heterocycles. The molecule has 2 fully saturated rings. The first-order valence-corrected chi connectivity index (χ1v) is 10.9. The second-order valence-corrected chi connectivity index (χ2v) is 9.61. The number of piperidine rings is 1. The zero-order valence-electron chi connectivity index (χ0n) is 15.8. The van der Waals surface area contributed by atoms with Crippen LogP contribution in [0.3, 0.4) is 0 Å². The monoisotopic (exact) mass is 415 g/mol. The lowest BCUT2D eigenvalue weighted by Crippen LogP contribution is -2.54. The second kappa shape index (κ2) is 8.90. The minimum Gasteiger partial charge on any atom is -0.349 e. The molecule has 152 valence electrons. The molecule has 6 nitrogen and oxygen atoms in total. The number of halogens is 1. The maximum atomic E-state index is 12.8. The van der Waals surface area contributed by atoms with Crippen LogP contribution < -0.4 is 11.1 Å². The quantitative estimate of drug-likeness (QED) is 0.771. The lowest BCUT2D eigenvalue weighted by molar-refractivity contribution is -0.128. The van der Waals surface area contributed by atoms with Gasteiger partial charge in [0.05, 0.1) is 10.4 Å². The minimum absolute atomic E-state index is 0. The zero-order chi connectivity index (χ0) is 18.8. The number of hydrogen-bond acceptors (Lipinski definition) is 4. The minimum atomic E-state index is -3.49. The van der Waals surface area contributed by atoms with Crippen LogP contribution in [0.25, 0.3) is 0 Å². The molecule has 0 unspecified atom stereocenters. The van der Waals surface area contributed by atoms with Gasteiger partial charge < -0.3 is 11.1 Å². The van der Waals surface area contributed by atoms with E-state index < -0.39 is 10.0 Å². The summed E-state index contributed by atoms with van der Waals surface area (Å²) in [5.74, 6) is -0.103. The summed E-state index contributed by atoms with van der Waals surface area (Å²) in [6.45, 7) is 3.16. The number of rotatable bonds is 5. The van der Waals surface area contributed by atoms with E-state index in [4.69, 9.17) is 5.73 Å². The average Bonchev–Trinajstić information content (AvgIpc) is 3.11. The van der Waals surface area contributed by atoms with Gasteiger partial charge in [-0.15, -0.1) is 12.4 Å². The van der Waals surface area contributed by atoms with Crippen molar-refractivity contribution in [3.8, 4) is 0 Å². The van der Waals surface area contributed by atoms with Gasteiger partial charge in [-0.3, -0.25) is 4.79 Å². The van der Waals surface area contributed by atoms with Crippen LogP contribution in [0.5, 0.6) is 0 Å². The summed E-state index contributed by atoms with van der Waals surface area (Å²) in [5.41, 5.74) is 6.68. The van der Waals surface area contributed by atoms with Crippen molar-refractivity contribution in [2.75, 3.05) is 19.6 Å². The normalized spacial score (nSPS) is 20.8. The van der Waals surface area contributed by atoms with Crippen LogP contribution in [0, 0.1) is 12.8 Å². The van der Waals surface area contributed by atoms with Crippen molar-refractivity contribution in [2.45, 2.75) is 55.9 Å². The Labute approximate surface area is 168 Å². The summed E-state index contributed by atoms with van der Waals surface area (Å²) < 4.78 is 27.0. The SMILES string of the molecule is Cc1ccc(S(=O)(=O)N2CCC(C(=O)NC3(CN)CCCC3)CC2)cc1.Cl. The standard InChI is InChI=1S/C19H29N3O3S.ClH/c1-15-4-6-17(7-5-15)26(24,25)22-12-8-16(9-13-22)18(23)21-19(14-20)10-2-3-11-19;/h4-7,16H,2-3,8-14,20H2,1H3,(H,21,23);1H. The topological polar surface area (TPSA) is 92.5 Å². The average molecular weight is 416 g/mol. The predicted molar refractivity (Wildman–Crippen MR) is 108 cm³/mol. The highest BCUT2D eigenvalue weighted by Crippen LogP contribution is 2.30. The summed E-state index contributed by atoms with van der Waals surface area (Å²) >= 11 is 0. The second-order valence-electron chi connectivity index (χ2n) is 7.67. The molecule has 0 radical (unpaired) electrons. The molecule has 1 aromatic carbocycles. The Kier molecular flexibility index (Phi) is 7.30. The fraction of sp³-hybridized carbons (Fsp3) is 0.632. The van der Waals surface area contributed by atoms with E-state index >= 15 is 0 Å². The third kappa shape index (κ3) is 4.83. The van der Waals surface area contributed by atoms with Gasteiger partial charge in [0.1, 0.15) is 0 Å². The summed E-state index contributed by atoms with van der Waals surface area (Å²) in [7, 11) is -3.49. The smallest absolute Gasteiger partial charge is 0.243 e. The summed E-state index contributed by atoms with van der Waals surface area (Å²) in [5, 5.41) is 3.17. The molecule has 0 aromatic heterocycles. The fourth-order valence-electron chi connectivity index (χ4n) is 4.01. The molecule has 1 heterocycles. The number of amides is 1. The Hall–Kier alpha value is -1.15. The number of carbonyl (C=O) groups is 1. The van der Waals surface area contributed by atoms with Gasteiger partial charge in [-0.1, -0.05) is 30.5 Å². The van der Waals surface area contributed by atoms with Crippen molar-refractivity contribution < 1.29 is 13.2 Å². The summed E-state index contributed by atoms with van der Waals surface area (Å²) in [6.07, 6.45) is 5.19. The lowest BCUT2D eigenvalue weighted by atomic mass is 9.93. The van der Waals surface area contributed by atoms with Gasteiger partial charge in [0, 0.05) is 25.6 Å². The molecule has 1 amide bonds. The van der Waals surface area contributed by atoms with E-state index in [1.54, 1.807) is 24.3 Å². The van der Waals surface area contributed by atoms with Crippen LogP contribution in [-0.4, -0.2) is 43.8 Å². The first-order valence-electron chi connectivity index (χ1n) is 9.45. The van der Waals surface area contributed by atoms with Gasteiger partial charge in [0.25, 0.3) is 0 Å². The first kappa shape index (κ1) is 22.1. The van der Waals surface area contributed by atoms with Gasteiger partial charge in [-0.05, 0) is 44.7 Å². The highest BCUT2D eigenvalue weighted by atomic mass is 35.5. The summed E-state index contributed by atoms with van der Waals surface area (Å²) in [6, 6.07) is 6.91. The van der Waals surface area contributed by atoms with Crippen molar-refractivity contribution in [1.82, 2.24) is 9.62 Å². The Morgan fingerprint density at radius 2 is 1.74 bits per heavy atom. The number of nitrogens with zero attached hydrogens (tertiary/aromatic N) is 1. The van der Waals surface area contributed by atoms with Crippen molar-refractivity contribution in [2.24, 2.45) is 11.7 Å². The van der Waals surface area contributed by atoms with Crippen LogP contribution in [0.4, 0.5) is 0 Å². The predicted octanol–water partition coefficient (Wildman–Crippen LogP) is 2.21. The van der Waals surface area contributed by atoms with E-state index in [0.29, 0.717) is 37.4 Å². The Balaban J connectivity index is 0.00000261. The third-order valence-corrected chi connectivity index (χ3v) is 7.74.